The SMILES string of the molecule is Cc1ccc(S(=O)(=O)CC(=O)Cn2c3cc(C(C)C)ccc3c(=O)c3ccc(Cl)c(Cl)c32)cc1. The second kappa shape index (κ2) is 9.17. The highest BCUT2D eigenvalue weighted by Crippen LogP contribution is 2.32. The third-order valence-corrected chi connectivity index (χ3v) is 8.36. The van der Waals surface area contributed by atoms with Crippen molar-refractivity contribution in [2.75, 3.05) is 5.75 Å². The zero-order chi connectivity index (χ0) is 24.8. The predicted molar refractivity (Wildman–Crippen MR) is 138 cm³/mol. The third-order valence-electron chi connectivity index (χ3n) is 5.87. The van der Waals surface area contributed by atoms with Crippen molar-refractivity contribution in [3.8, 4) is 0 Å². The molecule has 0 spiro atoms. The molecule has 0 amide bonds. The summed E-state index contributed by atoms with van der Waals surface area (Å²) in [7, 11) is -3.83. The number of benzene rings is 3. The molecule has 0 saturated heterocycles. The lowest BCUT2D eigenvalue weighted by molar-refractivity contribution is -0.117. The molecule has 4 aromatic rings. The number of nitrogens with zero attached hydrogens (tertiary/aromatic N) is 1. The van der Waals surface area contributed by atoms with Gasteiger partial charge < -0.3 is 4.57 Å². The molecule has 0 N–H and O–H groups in total. The number of Topliss-reactive ketones (excluding diaryl/α,β-unsaturated/α-hetero) is 1. The summed E-state index contributed by atoms with van der Waals surface area (Å²) in [4.78, 5) is 26.4. The van der Waals surface area contributed by atoms with Crippen LogP contribution in [0.15, 0.2) is 64.3 Å². The average Bonchev–Trinajstić information content (AvgIpc) is 2.78. The number of aromatic nitrogens is 1. The number of fused-ring (bicyclic) bond motifs is 2. The zero-order valence-corrected chi connectivity index (χ0v) is 21.3. The Balaban J connectivity index is 1.88. The number of ketones is 1. The second-order valence-electron chi connectivity index (χ2n) is 8.71. The van der Waals surface area contributed by atoms with Gasteiger partial charge in [0.1, 0.15) is 5.75 Å². The number of rotatable bonds is 6. The minimum absolute atomic E-state index is 0.0873. The minimum atomic E-state index is -3.83. The van der Waals surface area contributed by atoms with Crippen LogP contribution in [0.1, 0.15) is 30.9 Å². The summed E-state index contributed by atoms with van der Waals surface area (Å²) in [5.41, 5.74) is 2.49. The van der Waals surface area contributed by atoms with E-state index in [9.17, 15) is 18.0 Å². The molecule has 1 heterocycles. The molecule has 0 aliphatic carbocycles. The van der Waals surface area contributed by atoms with E-state index in [0.717, 1.165) is 11.1 Å². The number of pyridine rings is 1. The Kier molecular flexibility index (Phi) is 6.60. The van der Waals surface area contributed by atoms with Crippen LogP contribution in [0.3, 0.4) is 0 Å². The Bertz CT molecular complexity index is 1600. The van der Waals surface area contributed by atoms with Crippen molar-refractivity contribution in [2.24, 2.45) is 0 Å². The Hall–Kier alpha value is -2.67. The lowest BCUT2D eigenvalue weighted by atomic mass is 10.00. The van der Waals surface area contributed by atoms with E-state index < -0.39 is 21.4 Å². The predicted octanol–water partition coefficient (Wildman–Crippen LogP) is 5.94. The summed E-state index contributed by atoms with van der Waals surface area (Å²) in [5.74, 6) is -1.03. The molecule has 3 aromatic carbocycles. The highest BCUT2D eigenvalue weighted by Gasteiger charge is 2.22. The van der Waals surface area contributed by atoms with Crippen molar-refractivity contribution in [3.63, 3.8) is 0 Å². The summed E-state index contributed by atoms with van der Waals surface area (Å²) in [6.45, 7) is 5.62. The van der Waals surface area contributed by atoms with Crippen LogP contribution in [0.25, 0.3) is 21.8 Å². The van der Waals surface area contributed by atoms with E-state index in [1.165, 1.54) is 18.2 Å². The van der Waals surface area contributed by atoms with Crippen LogP contribution in [0, 0.1) is 6.92 Å². The molecule has 176 valence electrons. The topological polar surface area (TPSA) is 73.2 Å². The van der Waals surface area contributed by atoms with Crippen LogP contribution in [-0.4, -0.2) is 24.5 Å². The second-order valence-corrected chi connectivity index (χ2v) is 11.5. The lowest BCUT2D eigenvalue weighted by Gasteiger charge is -2.18. The minimum Gasteiger partial charge on any atom is -0.331 e. The molecule has 5 nitrogen and oxygen atoms in total. The number of aryl methyl sites for hydroxylation is 1. The summed E-state index contributed by atoms with van der Waals surface area (Å²) in [6, 6.07) is 14.9. The van der Waals surface area contributed by atoms with Gasteiger partial charge in [-0.15, -0.1) is 0 Å². The molecule has 4 rings (SSSR count). The van der Waals surface area contributed by atoms with Gasteiger partial charge >= 0.3 is 0 Å². The lowest BCUT2D eigenvalue weighted by Crippen LogP contribution is -2.23. The Morgan fingerprint density at radius 2 is 1.62 bits per heavy atom. The van der Waals surface area contributed by atoms with Gasteiger partial charge in [0.25, 0.3) is 0 Å². The largest absolute Gasteiger partial charge is 0.331 e. The maximum absolute atomic E-state index is 13.2. The van der Waals surface area contributed by atoms with Crippen molar-refractivity contribution < 1.29 is 13.2 Å². The molecule has 0 fully saturated rings. The van der Waals surface area contributed by atoms with Crippen molar-refractivity contribution in [2.45, 2.75) is 38.1 Å². The first kappa shape index (κ1) is 24.5. The quantitative estimate of drug-likeness (QED) is 0.298. The molecular formula is C26H23Cl2NO4S. The number of halogens is 2. The van der Waals surface area contributed by atoms with E-state index in [1.54, 1.807) is 28.8 Å². The molecular weight excluding hydrogens is 493 g/mol. The summed E-state index contributed by atoms with van der Waals surface area (Å²) in [6.07, 6.45) is 0. The van der Waals surface area contributed by atoms with Crippen LogP contribution >= 0.6 is 23.2 Å². The summed E-state index contributed by atoms with van der Waals surface area (Å²) < 4.78 is 27.3. The Morgan fingerprint density at radius 1 is 0.971 bits per heavy atom. The fraction of sp³-hybridized carbons (Fsp3) is 0.231. The van der Waals surface area contributed by atoms with E-state index in [1.807, 2.05) is 32.9 Å². The highest BCUT2D eigenvalue weighted by molar-refractivity contribution is 7.92. The van der Waals surface area contributed by atoms with Crippen LogP contribution in [0.2, 0.25) is 10.0 Å². The van der Waals surface area contributed by atoms with E-state index >= 15 is 0 Å². The number of carbonyl (C=O) groups excluding carboxylic acids is 1. The molecule has 0 aliphatic rings. The smallest absolute Gasteiger partial charge is 0.197 e. The molecule has 0 unspecified atom stereocenters. The number of carbonyl (C=O) groups is 1. The molecule has 0 bridgehead atoms. The fourth-order valence-corrected chi connectivity index (χ4v) is 5.65. The summed E-state index contributed by atoms with van der Waals surface area (Å²) in [5, 5.41) is 1.11. The monoisotopic (exact) mass is 515 g/mol. The molecule has 0 aliphatic heterocycles. The normalized spacial score (nSPS) is 12.1. The van der Waals surface area contributed by atoms with Gasteiger partial charge in [0.05, 0.1) is 32.5 Å². The van der Waals surface area contributed by atoms with Gasteiger partial charge in [-0.05, 0) is 54.8 Å². The van der Waals surface area contributed by atoms with Crippen LogP contribution in [0.4, 0.5) is 0 Å². The van der Waals surface area contributed by atoms with Crippen LogP contribution in [0.5, 0.6) is 0 Å². The van der Waals surface area contributed by atoms with Gasteiger partial charge in [0.2, 0.25) is 0 Å². The Morgan fingerprint density at radius 3 is 2.26 bits per heavy atom. The average molecular weight is 516 g/mol. The van der Waals surface area contributed by atoms with Crippen molar-refractivity contribution in [1.29, 1.82) is 0 Å². The van der Waals surface area contributed by atoms with E-state index in [-0.39, 0.29) is 32.8 Å². The third kappa shape index (κ3) is 4.50. The van der Waals surface area contributed by atoms with E-state index in [2.05, 4.69) is 0 Å². The number of hydrogen-bond acceptors (Lipinski definition) is 4. The molecule has 0 atom stereocenters. The van der Waals surface area contributed by atoms with Crippen LogP contribution in [-0.2, 0) is 21.2 Å². The first-order chi connectivity index (χ1) is 16.0. The highest BCUT2D eigenvalue weighted by atomic mass is 35.5. The van der Waals surface area contributed by atoms with Gasteiger partial charge in [-0.25, -0.2) is 8.42 Å². The Labute approximate surface area is 207 Å². The zero-order valence-electron chi connectivity index (χ0n) is 18.9. The van der Waals surface area contributed by atoms with E-state index in [0.29, 0.717) is 21.8 Å². The van der Waals surface area contributed by atoms with Gasteiger partial charge in [-0.1, -0.05) is 60.8 Å². The van der Waals surface area contributed by atoms with Crippen molar-refractivity contribution in [3.05, 3.63) is 86.0 Å². The van der Waals surface area contributed by atoms with E-state index in [4.69, 9.17) is 23.2 Å². The first-order valence-corrected chi connectivity index (χ1v) is 13.2. The molecule has 0 saturated carbocycles. The van der Waals surface area contributed by atoms with Gasteiger partial charge in [-0.2, -0.15) is 0 Å². The summed E-state index contributed by atoms with van der Waals surface area (Å²) >= 11 is 12.8. The van der Waals surface area contributed by atoms with Crippen LogP contribution < -0.4 is 5.43 Å². The molecule has 34 heavy (non-hydrogen) atoms. The van der Waals surface area contributed by atoms with Gasteiger partial charge in [-0.3, -0.25) is 9.59 Å². The van der Waals surface area contributed by atoms with Gasteiger partial charge in [0, 0.05) is 10.8 Å². The first-order valence-electron chi connectivity index (χ1n) is 10.7. The molecule has 1 aromatic heterocycles. The maximum Gasteiger partial charge on any atom is 0.197 e. The van der Waals surface area contributed by atoms with Crippen molar-refractivity contribution in [1.82, 2.24) is 4.57 Å². The fourth-order valence-electron chi connectivity index (χ4n) is 4.00. The number of hydrogen-bond donors (Lipinski definition) is 0. The molecule has 0 radical (unpaired) electrons. The standard InChI is InChI=1S/C26H23Cl2NO4S/c1-15(2)17-6-9-20-23(12-17)29(25-21(26(20)31)10-11-22(27)24(25)28)13-18(30)14-34(32,33)19-7-4-16(3)5-8-19/h4-12,15H,13-14H2,1-3H3. The van der Waals surface area contributed by atoms with Crippen molar-refractivity contribution >= 4 is 60.6 Å². The number of sulfone groups is 1. The van der Waals surface area contributed by atoms with Gasteiger partial charge in [0.15, 0.2) is 21.0 Å². The molecule has 8 heteroatoms. The maximum atomic E-state index is 13.2.